The van der Waals surface area contributed by atoms with Gasteiger partial charge in [0.25, 0.3) is 0 Å². The van der Waals surface area contributed by atoms with Crippen LogP contribution >= 0.6 is 11.5 Å². The standard InChI is InChI=1S/C12H19F3N4OS/c1-20-7-10-17-11(21-18-10)16-6-9-2-4-19(5-3-9)8-12(13,14)15/h9H,2-8H2,1H3,(H,16,17,18). The van der Waals surface area contributed by atoms with Crippen LogP contribution in [0.4, 0.5) is 18.3 Å². The number of nitrogens with one attached hydrogen (secondary N) is 1. The SMILES string of the molecule is COCc1nsc(NCC2CCN(CC(F)(F)F)CC2)n1. The minimum absolute atomic E-state index is 0.379. The fraction of sp³-hybridized carbons (Fsp3) is 0.833. The lowest BCUT2D eigenvalue weighted by atomic mass is 9.97. The van der Waals surface area contributed by atoms with Crippen LogP contribution in [0.5, 0.6) is 0 Å². The summed E-state index contributed by atoms with van der Waals surface area (Å²) in [5, 5.41) is 3.94. The highest BCUT2D eigenvalue weighted by Crippen LogP contribution is 2.23. The van der Waals surface area contributed by atoms with Crippen molar-refractivity contribution >= 4 is 16.7 Å². The maximum absolute atomic E-state index is 12.3. The average molecular weight is 324 g/mol. The van der Waals surface area contributed by atoms with Gasteiger partial charge in [0.2, 0.25) is 5.13 Å². The lowest BCUT2D eigenvalue weighted by Crippen LogP contribution is -2.41. The highest BCUT2D eigenvalue weighted by Gasteiger charge is 2.32. The van der Waals surface area contributed by atoms with Gasteiger partial charge in [-0.25, -0.2) is 4.98 Å². The molecule has 5 nitrogen and oxygen atoms in total. The number of nitrogens with zero attached hydrogens (tertiary/aromatic N) is 3. The van der Waals surface area contributed by atoms with Crippen molar-refractivity contribution in [1.82, 2.24) is 14.3 Å². The number of anilines is 1. The molecule has 1 N–H and O–H groups in total. The first-order chi connectivity index (χ1) is 9.96. The zero-order chi connectivity index (χ0) is 15.3. The first-order valence-electron chi connectivity index (χ1n) is 6.81. The van der Waals surface area contributed by atoms with Gasteiger partial charge in [-0.15, -0.1) is 0 Å². The normalized spacial score (nSPS) is 18.1. The lowest BCUT2D eigenvalue weighted by molar-refractivity contribution is -0.148. The number of hydrogen-bond acceptors (Lipinski definition) is 6. The van der Waals surface area contributed by atoms with Gasteiger partial charge in [0.1, 0.15) is 6.61 Å². The molecule has 0 atom stereocenters. The summed E-state index contributed by atoms with van der Waals surface area (Å²) in [5.41, 5.74) is 0. The zero-order valence-electron chi connectivity index (χ0n) is 11.8. The van der Waals surface area contributed by atoms with Crippen LogP contribution in [0.3, 0.4) is 0 Å². The Morgan fingerprint density at radius 3 is 2.71 bits per heavy atom. The molecule has 1 aliphatic rings. The molecule has 0 aliphatic carbocycles. The van der Waals surface area contributed by atoms with Gasteiger partial charge in [-0.2, -0.15) is 17.5 Å². The number of piperidine rings is 1. The maximum atomic E-state index is 12.3. The largest absolute Gasteiger partial charge is 0.401 e. The maximum Gasteiger partial charge on any atom is 0.401 e. The summed E-state index contributed by atoms with van der Waals surface area (Å²) in [6.07, 6.45) is -2.56. The summed E-state index contributed by atoms with van der Waals surface area (Å²) in [7, 11) is 1.59. The Morgan fingerprint density at radius 1 is 1.38 bits per heavy atom. The van der Waals surface area contributed by atoms with E-state index < -0.39 is 12.7 Å². The van der Waals surface area contributed by atoms with Crippen LogP contribution < -0.4 is 5.32 Å². The molecule has 1 aromatic heterocycles. The molecule has 21 heavy (non-hydrogen) atoms. The van der Waals surface area contributed by atoms with Gasteiger partial charge in [0, 0.05) is 25.2 Å². The third-order valence-corrected chi connectivity index (χ3v) is 4.10. The molecule has 2 heterocycles. The zero-order valence-corrected chi connectivity index (χ0v) is 12.6. The van der Waals surface area contributed by atoms with Crippen molar-refractivity contribution in [2.75, 3.05) is 38.6 Å². The van der Waals surface area contributed by atoms with E-state index in [0.717, 1.165) is 24.5 Å². The minimum atomic E-state index is -4.10. The molecule has 2 rings (SSSR count). The molecule has 1 fully saturated rings. The molecule has 0 spiro atoms. The molecule has 1 aliphatic heterocycles. The Hall–Kier alpha value is -0.930. The van der Waals surface area contributed by atoms with E-state index in [-0.39, 0.29) is 0 Å². The topological polar surface area (TPSA) is 50.3 Å². The van der Waals surface area contributed by atoms with Gasteiger partial charge in [-0.1, -0.05) is 0 Å². The number of methoxy groups -OCH3 is 1. The minimum Gasteiger partial charge on any atom is -0.377 e. The van der Waals surface area contributed by atoms with E-state index in [1.807, 2.05) is 0 Å². The van der Waals surface area contributed by atoms with Crippen LogP contribution in [-0.4, -0.2) is 53.7 Å². The van der Waals surface area contributed by atoms with Crippen LogP contribution in [0.25, 0.3) is 0 Å². The van der Waals surface area contributed by atoms with Crippen molar-refractivity contribution in [3.8, 4) is 0 Å². The average Bonchev–Trinajstić information content (AvgIpc) is 2.84. The second kappa shape index (κ2) is 7.37. The summed E-state index contributed by atoms with van der Waals surface area (Å²) >= 11 is 1.28. The molecule has 0 saturated carbocycles. The van der Waals surface area contributed by atoms with Gasteiger partial charge in [-0.3, -0.25) is 4.90 Å². The molecule has 0 amide bonds. The van der Waals surface area contributed by atoms with Gasteiger partial charge < -0.3 is 10.1 Å². The van der Waals surface area contributed by atoms with Crippen molar-refractivity contribution in [1.29, 1.82) is 0 Å². The summed E-state index contributed by atoms with van der Waals surface area (Å²) < 4.78 is 46.0. The van der Waals surface area contributed by atoms with Gasteiger partial charge in [0.05, 0.1) is 6.54 Å². The fourth-order valence-corrected chi connectivity index (χ4v) is 2.93. The van der Waals surface area contributed by atoms with Gasteiger partial charge in [0.15, 0.2) is 5.82 Å². The van der Waals surface area contributed by atoms with Crippen molar-refractivity contribution in [3.63, 3.8) is 0 Å². The molecule has 0 bridgehead atoms. The summed E-state index contributed by atoms with van der Waals surface area (Å²) in [5.74, 6) is 1.02. The second-order valence-corrected chi connectivity index (χ2v) is 5.92. The molecule has 1 saturated heterocycles. The lowest BCUT2D eigenvalue weighted by Gasteiger charge is -2.32. The van der Waals surface area contributed by atoms with Crippen molar-refractivity contribution < 1.29 is 17.9 Å². The van der Waals surface area contributed by atoms with Crippen molar-refractivity contribution in [2.24, 2.45) is 5.92 Å². The second-order valence-electron chi connectivity index (χ2n) is 5.16. The molecular formula is C12H19F3N4OS. The number of aromatic nitrogens is 2. The van der Waals surface area contributed by atoms with E-state index in [9.17, 15) is 13.2 Å². The Labute approximate surface area is 125 Å². The Bertz CT molecular complexity index is 432. The van der Waals surface area contributed by atoms with Crippen LogP contribution in [0.1, 0.15) is 18.7 Å². The van der Waals surface area contributed by atoms with Gasteiger partial charge in [-0.05, 0) is 31.8 Å². The van der Waals surface area contributed by atoms with E-state index in [1.165, 1.54) is 16.4 Å². The van der Waals surface area contributed by atoms with Gasteiger partial charge >= 0.3 is 6.18 Å². The van der Waals surface area contributed by atoms with E-state index in [4.69, 9.17) is 4.74 Å². The van der Waals surface area contributed by atoms with Crippen molar-refractivity contribution in [3.05, 3.63) is 5.82 Å². The number of hydrogen-bond donors (Lipinski definition) is 1. The van der Waals surface area contributed by atoms with E-state index in [2.05, 4.69) is 14.7 Å². The van der Waals surface area contributed by atoms with Crippen LogP contribution in [0.15, 0.2) is 0 Å². The quantitative estimate of drug-likeness (QED) is 0.871. The highest BCUT2D eigenvalue weighted by molar-refractivity contribution is 7.09. The Kier molecular flexibility index (Phi) is 5.77. The summed E-state index contributed by atoms with van der Waals surface area (Å²) in [4.78, 5) is 5.73. The Balaban J connectivity index is 1.68. The molecule has 9 heteroatoms. The first kappa shape index (κ1) is 16.4. The highest BCUT2D eigenvalue weighted by atomic mass is 32.1. The van der Waals surface area contributed by atoms with E-state index >= 15 is 0 Å². The smallest absolute Gasteiger partial charge is 0.377 e. The Morgan fingerprint density at radius 2 is 2.10 bits per heavy atom. The van der Waals surface area contributed by atoms with Crippen molar-refractivity contribution in [2.45, 2.75) is 25.6 Å². The molecule has 0 radical (unpaired) electrons. The molecule has 120 valence electrons. The summed E-state index contributed by atoms with van der Waals surface area (Å²) in [6.45, 7) is 1.30. The van der Waals surface area contributed by atoms with E-state index in [0.29, 0.717) is 31.4 Å². The predicted molar refractivity (Wildman–Crippen MR) is 74.3 cm³/mol. The van der Waals surface area contributed by atoms with E-state index in [1.54, 1.807) is 7.11 Å². The molecule has 1 aromatic rings. The van der Waals surface area contributed by atoms with Crippen LogP contribution in [0, 0.1) is 5.92 Å². The number of likely N-dealkylation sites (tertiary alicyclic amines) is 1. The number of alkyl halides is 3. The first-order valence-corrected chi connectivity index (χ1v) is 7.58. The number of halogens is 3. The predicted octanol–water partition coefficient (Wildman–Crippen LogP) is 2.37. The number of rotatable bonds is 6. The molecule has 0 aromatic carbocycles. The third-order valence-electron chi connectivity index (χ3n) is 3.39. The number of ether oxygens (including phenoxy) is 1. The molecular weight excluding hydrogens is 305 g/mol. The fourth-order valence-electron chi connectivity index (χ4n) is 2.35. The van der Waals surface area contributed by atoms with Crippen LogP contribution in [-0.2, 0) is 11.3 Å². The monoisotopic (exact) mass is 324 g/mol. The summed E-state index contributed by atoms with van der Waals surface area (Å²) in [6, 6.07) is 0. The van der Waals surface area contributed by atoms with Crippen LogP contribution in [0.2, 0.25) is 0 Å². The molecule has 0 unspecified atom stereocenters. The third kappa shape index (κ3) is 5.76.